The minimum Gasteiger partial charge on any atom is -0.466 e. The number of nitriles is 1. The van der Waals surface area contributed by atoms with Gasteiger partial charge < -0.3 is 4.74 Å². The molecule has 4 heteroatoms. The normalized spacial score (nSPS) is 12.9. The second-order valence-electron chi connectivity index (χ2n) is 5.15. The Morgan fingerprint density at radius 2 is 1.83 bits per heavy atom. The van der Waals surface area contributed by atoms with Crippen LogP contribution in [-0.4, -0.2) is 12.6 Å². The molecule has 2 rings (SSSR count). The van der Waals surface area contributed by atoms with Crippen molar-refractivity contribution in [2.24, 2.45) is 0 Å². The molecule has 0 aliphatic heterocycles. The van der Waals surface area contributed by atoms with Crippen molar-refractivity contribution in [3.05, 3.63) is 71.5 Å². The predicted octanol–water partition coefficient (Wildman–Crippen LogP) is 4.17. The zero-order valence-electron chi connectivity index (χ0n) is 12.9. The lowest BCUT2D eigenvalue weighted by Crippen LogP contribution is -2.17. The first-order valence-corrected chi connectivity index (χ1v) is 7.52. The van der Waals surface area contributed by atoms with Crippen molar-refractivity contribution in [2.75, 3.05) is 6.61 Å². The van der Waals surface area contributed by atoms with E-state index < -0.39 is 23.6 Å². The van der Waals surface area contributed by atoms with Crippen LogP contribution in [0.5, 0.6) is 0 Å². The van der Waals surface area contributed by atoms with Crippen LogP contribution in [-0.2, 0) is 9.53 Å². The molecule has 0 bridgehead atoms. The summed E-state index contributed by atoms with van der Waals surface area (Å²) >= 11 is 0. The van der Waals surface area contributed by atoms with Crippen molar-refractivity contribution in [3.63, 3.8) is 0 Å². The van der Waals surface area contributed by atoms with Gasteiger partial charge in [-0.2, -0.15) is 5.26 Å². The smallest absolute Gasteiger partial charge is 0.306 e. The number of hydrogen-bond acceptors (Lipinski definition) is 3. The summed E-state index contributed by atoms with van der Waals surface area (Å²) in [6.45, 7) is 2.01. The third kappa shape index (κ3) is 4.17. The summed E-state index contributed by atoms with van der Waals surface area (Å²) in [6.07, 6.45) is 0.0322. The number of halogens is 1. The van der Waals surface area contributed by atoms with Gasteiger partial charge in [0.15, 0.2) is 0 Å². The van der Waals surface area contributed by atoms with E-state index in [0.29, 0.717) is 5.56 Å². The Kier molecular flexibility index (Phi) is 5.87. The third-order valence-electron chi connectivity index (χ3n) is 3.70. The van der Waals surface area contributed by atoms with E-state index in [1.54, 1.807) is 25.1 Å². The number of rotatable bonds is 6. The minimum absolute atomic E-state index is 0.0322. The van der Waals surface area contributed by atoms with Gasteiger partial charge in [-0.1, -0.05) is 48.5 Å². The van der Waals surface area contributed by atoms with Gasteiger partial charge >= 0.3 is 5.97 Å². The van der Waals surface area contributed by atoms with Gasteiger partial charge in [-0.15, -0.1) is 0 Å². The highest BCUT2D eigenvalue weighted by atomic mass is 19.1. The van der Waals surface area contributed by atoms with Crippen LogP contribution in [0.2, 0.25) is 0 Å². The lowest BCUT2D eigenvalue weighted by atomic mass is 9.80. The van der Waals surface area contributed by atoms with Gasteiger partial charge in [-0.05, 0) is 18.6 Å². The number of benzene rings is 2. The fourth-order valence-corrected chi connectivity index (χ4v) is 2.63. The highest BCUT2D eigenvalue weighted by Crippen LogP contribution is 2.36. The summed E-state index contributed by atoms with van der Waals surface area (Å²) in [6, 6.07) is 17.6. The van der Waals surface area contributed by atoms with Crippen LogP contribution in [0.4, 0.5) is 4.39 Å². The third-order valence-corrected chi connectivity index (χ3v) is 3.70. The maximum Gasteiger partial charge on any atom is 0.306 e. The topological polar surface area (TPSA) is 50.1 Å². The lowest BCUT2D eigenvalue weighted by molar-refractivity contribution is -0.143. The van der Waals surface area contributed by atoms with Crippen LogP contribution in [0.15, 0.2) is 54.6 Å². The van der Waals surface area contributed by atoms with E-state index in [4.69, 9.17) is 4.74 Å². The van der Waals surface area contributed by atoms with Crippen LogP contribution < -0.4 is 0 Å². The molecule has 0 radical (unpaired) electrons. The Morgan fingerprint density at radius 3 is 2.43 bits per heavy atom. The standard InChI is InChI=1S/C19H18FNO2/c1-2-23-19(22)12-16(14-8-4-3-5-9-14)17(13-21)15-10-6-7-11-18(15)20/h3-11,16-17H,2,12H2,1H3. The Hall–Kier alpha value is -2.67. The second kappa shape index (κ2) is 8.09. The molecule has 0 aliphatic rings. The fourth-order valence-electron chi connectivity index (χ4n) is 2.63. The van der Waals surface area contributed by atoms with Gasteiger partial charge in [0, 0.05) is 11.5 Å². The summed E-state index contributed by atoms with van der Waals surface area (Å²) < 4.78 is 19.1. The Bertz CT molecular complexity index is 694. The number of carbonyl (C=O) groups excluding carboxylic acids is 1. The summed E-state index contributed by atoms with van der Waals surface area (Å²) in [5.74, 6) is -2.05. The van der Waals surface area contributed by atoms with Gasteiger partial charge in [0.1, 0.15) is 5.82 Å². The minimum atomic E-state index is -0.761. The molecule has 23 heavy (non-hydrogen) atoms. The van der Waals surface area contributed by atoms with Crippen molar-refractivity contribution in [2.45, 2.75) is 25.2 Å². The molecule has 2 atom stereocenters. The van der Waals surface area contributed by atoms with Gasteiger partial charge in [-0.3, -0.25) is 4.79 Å². The molecule has 0 heterocycles. The predicted molar refractivity (Wildman–Crippen MR) is 85.2 cm³/mol. The highest BCUT2D eigenvalue weighted by Gasteiger charge is 2.29. The zero-order chi connectivity index (χ0) is 16.7. The first-order chi connectivity index (χ1) is 11.2. The van der Waals surface area contributed by atoms with Crippen molar-refractivity contribution in [1.29, 1.82) is 5.26 Å². The molecule has 0 N–H and O–H groups in total. The van der Waals surface area contributed by atoms with Crippen LogP contribution >= 0.6 is 0 Å². The molecule has 118 valence electrons. The van der Waals surface area contributed by atoms with Crippen molar-refractivity contribution in [3.8, 4) is 6.07 Å². The molecule has 0 saturated heterocycles. The first-order valence-electron chi connectivity index (χ1n) is 7.52. The lowest BCUT2D eigenvalue weighted by Gasteiger charge is -2.22. The average Bonchev–Trinajstić information content (AvgIpc) is 2.57. The molecule has 0 aliphatic carbocycles. The first kappa shape index (κ1) is 16.7. The van der Waals surface area contributed by atoms with E-state index >= 15 is 0 Å². The Balaban J connectivity index is 2.41. The number of nitrogens with zero attached hydrogens (tertiary/aromatic N) is 1. The molecule has 0 spiro atoms. The molecule has 2 aromatic carbocycles. The molecule has 0 amide bonds. The van der Waals surface area contributed by atoms with Gasteiger partial charge in [0.2, 0.25) is 0 Å². The van der Waals surface area contributed by atoms with E-state index in [0.717, 1.165) is 5.56 Å². The van der Waals surface area contributed by atoms with Gasteiger partial charge in [0.05, 0.1) is 25.0 Å². The van der Waals surface area contributed by atoms with Gasteiger partial charge in [0.25, 0.3) is 0 Å². The maximum absolute atomic E-state index is 14.1. The maximum atomic E-state index is 14.1. The Labute approximate surface area is 135 Å². The summed E-state index contributed by atoms with van der Waals surface area (Å²) in [5, 5.41) is 9.61. The number of carbonyl (C=O) groups is 1. The molecule has 0 aromatic heterocycles. The van der Waals surface area contributed by atoms with E-state index in [1.807, 2.05) is 30.3 Å². The highest BCUT2D eigenvalue weighted by molar-refractivity contribution is 5.71. The van der Waals surface area contributed by atoms with E-state index in [-0.39, 0.29) is 13.0 Å². The van der Waals surface area contributed by atoms with E-state index in [2.05, 4.69) is 6.07 Å². The fraction of sp³-hybridized carbons (Fsp3) is 0.263. The number of hydrogen-bond donors (Lipinski definition) is 0. The molecule has 3 nitrogen and oxygen atoms in total. The second-order valence-corrected chi connectivity index (χ2v) is 5.15. The molecule has 2 aromatic rings. The number of esters is 1. The SMILES string of the molecule is CCOC(=O)CC(c1ccccc1)C(C#N)c1ccccc1F. The van der Waals surface area contributed by atoms with Crippen LogP contribution in [0.3, 0.4) is 0 Å². The van der Waals surface area contributed by atoms with Crippen molar-refractivity contribution in [1.82, 2.24) is 0 Å². The average molecular weight is 311 g/mol. The summed E-state index contributed by atoms with van der Waals surface area (Å²) in [7, 11) is 0. The van der Waals surface area contributed by atoms with Crippen LogP contribution in [0, 0.1) is 17.1 Å². The van der Waals surface area contributed by atoms with Gasteiger partial charge in [-0.25, -0.2) is 4.39 Å². The van der Waals surface area contributed by atoms with E-state index in [1.165, 1.54) is 6.07 Å². The van der Waals surface area contributed by atoms with E-state index in [9.17, 15) is 14.4 Å². The zero-order valence-corrected chi connectivity index (χ0v) is 12.9. The molecule has 0 fully saturated rings. The molecular formula is C19H18FNO2. The quantitative estimate of drug-likeness (QED) is 0.752. The summed E-state index contributed by atoms with van der Waals surface area (Å²) in [4.78, 5) is 11.9. The summed E-state index contributed by atoms with van der Waals surface area (Å²) in [5.41, 5.74) is 1.11. The largest absolute Gasteiger partial charge is 0.466 e. The molecule has 0 saturated carbocycles. The Morgan fingerprint density at radius 1 is 1.17 bits per heavy atom. The number of ether oxygens (including phenoxy) is 1. The molecule has 2 unspecified atom stereocenters. The van der Waals surface area contributed by atoms with Crippen molar-refractivity contribution < 1.29 is 13.9 Å². The van der Waals surface area contributed by atoms with Crippen molar-refractivity contribution >= 4 is 5.97 Å². The monoisotopic (exact) mass is 311 g/mol. The molecular weight excluding hydrogens is 293 g/mol. The van der Waals surface area contributed by atoms with Crippen LogP contribution in [0.25, 0.3) is 0 Å². The van der Waals surface area contributed by atoms with Crippen LogP contribution in [0.1, 0.15) is 36.3 Å².